The number of pyridine rings is 1. The maximum absolute atomic E-state index is 13.1. The Labute approximate surface area is 185 Å². The Morgan fingerprint density at radius 3 is 2.35 bits per heavy atom. The van der Waals surface area contributed by atoms with Crippen LogP contribution in [0.3, 0.4) is 0 Å². The van der Waals surface area contributed by atoms with Crippen LogP contribution in [0.25, 0.3) is 22.2 Å². The van der Waals surface area contributed by atoms with Crippen molar-refractivity contribution in [2.24, 2.45) is 0 Å². The van der Waals surface area contributed by atoms with E-state index >= 15 is 0 Å². The van der Waals surface area contributed by atoms with Crippen molar-refractivity contribution in [2.75, 3.05) is 6.61 Å². The van der Waals surface area contributed by atoms with E-state index in [2.05, 4.69) is 0 Å². The first kappa shape index (κ1) is 20.8. The molecule has 0 aliphatic heterocycles. The van der Waals surface area contributed by atoms with Gasteiger partial charge in [0.25, 0.3) is 0 Å². The third-order valence-electron chi connectivity index (χ3n) is 5.15. The lowest BCUT2D eigenvalue weighted by molar-refractivity contribution is 0.0476. The number of aryl methyl sites for hydroxylation is 1. The van der Waals surface area contributed by atoms with Crippen LogP contribution in [0.2, 0.25) is 5.02 Å². The van der Waals surface area contributed by atoms with Crippen LogP contribution in [-0.4, -0.2) is 23.3 Å². The first-order valence-electron chi connectivity index (χ1n) is 9.86. The van der Waals surface area contributed by atoms with Crippen molar-refractivity contribution in [1.82, 2.24) is 4.98 Å². The summed E-state index contributed by atoms with van der Waals surface area (Å²) in [5.74, 6) is -0.841. The summed E-state index contributed by atoms with van der Waals surface area (Å²) in [5.41, 5.74) is 4.89. The number of Topliss-reactive ketones (excluding diaryl/α,β-unsaturated/α-hetero) is 1. The van der Waals surface area contributed by atoms with Crippen LogP contribution in [0.15, 0.2) is 72.8 Å². The molecule has 0 aliphatic carbocycles. The van der Waals surface area contributed by atoms with E-state index in [0.717, 1.165) is 11.1 Å². The van der Waals surface area contributed by atoms with Crippen molar-refractivity contribution >= 4 is 34.3 Å². The molecular weight excluding hydrogens is 410 g/mol. The molecule has 0 N–H and O–H groups in total. The number of carbonyl (C=O) groups is 2. The maximum Gasteiger partial charge on any atom is 0.339 e. The Kier molecular flexibility index (Phi) is 5.83. The van der Waals surface area contributed by atoms with Crippen LogP contribution >= 0.6 is 11.6 Å². The zero-order valence-electron chi connectivity index (χ0n) is 17.2. The van der Waals surface area contributed by atoms with Crippen molar-refractivity contribution in [2.45, 2.75) is 13.8 Å². The summed E-state index contributed by atoms with van der Waals surface area (Å²) >= 11 is 6.20. The molecule has 4 aromatic rings. The molecule has 0 saturated carbocycles. The molecule has 0 saturated heterocycles. The molecule has 4 rings (SSSR count). The van der Waals surface area contributed by atoms with Gasteiger partial charge in [0.1, 0.15) is 0 Å². The van der Waals surface area contributed by atoms with E-state index in [-0.39, 0.29) is 12.4 Å². The number of ether oxygens (including phenoxy) is 1. The fourth-order valence-corrected chi connectivity index (χ4v) is 3.67. The van der Waals surface area contributed by atoms with E-state index in [1.807, 2.05) is 44.2 Å². The number of aromatic nitrogens is 1. The van der Waals surface area contributed by atoms with Gasteiger partial charge in [0.05, 0.1) is 16.8 Å². The van der Waals surface area contributed by atoms with Gasteiger partial charge in [-0.05, 0) is 37.6 Å². The number of carbonyl (C=O) groups excluding carboxylic acids is 2. The Hall–Kier alpha value is -3.50. The van der Waals surface area contributed by atoms with Crippen LogP contribution in [0.1, 0.15) is 31.8 Å². The SMILES string of the molecule is Cc1ccc(-c2nc3ccc(Cl)cc3c(C(=O)OCC(=O)c3ccccc3)c2C)cc1. The van der Waals surface area contributed by atoms with Gasteiger partial charge in [0.2, 0.25) is 0 Å². The van der Waals surface area contributed by atoms with Gasteiger partial charge in [-0.15, -0.1) is 0 Å². The molecule has 0 aliphatic rings. The quantitative estimate of drug-likeness (QED) is 0.279. The number of hydrogen-bond acceptors (Lipinski definition) is 4. The van der Waals surface area contributed by atoms with Crippen molar-refractivity contribution in [1.29, 1.82) is 0 Å². The first-order chi connectivity index (χ1) is 14.9. The summed E-state index contributed by atoms with van der Waals surface area (Å²) in [6.07, 6.45) is 0. The van der Waals surface area contributed by atoms with Gasteiger partial charge in [-0.1, -0.05) is 71.8 Å². The van der Waals surface area contributed by atoms with E-state index < -0.39 is 5.97 Å². The zero-order chi connectivity index (χ0) is 22.0. The summed E-state index contributed by atoms with van der Waals surface area (Å²) in [6, 6.07) is 21.9. The van der Waals surface area contributed by atoms with E-state index in [4.69, 9.17) is 21.3 Å². The lowest BCUT2D eigenvalue weighted by Crippen LogP contribution is -2.16. The van der Waals surface area contributed by atoms with Gasteiger partial charge in [-0.25, -0.2) is 9.78 Å². The molecule has 5 heteroatoms. The average Bonchev–Trinajstić information content (AvgIpc) is 2.78. The highest BCUT2D eigenvalue weighted by Crippen LogP contribution is 2.31. The number of benzene rings is 3. The predicted molar refractivity (Wildman–Crippen MR) is 123 cm³/mol. The molecule has 1 heterocycles. The third kappa shape index (κ3) is 4.35. The van der Waals surface area contributed by atoms with Crippen molar-refractivity contribution in [3.63, 3.8) is 0 Å². The largest absolute Gasteiger partial charge is 0.454 e. The highest BCUT2D eigenvalue weighted by atomic mass is 35.5. The molecule has 3 aromatic carbocycles. The van der Waals surface area contributed by atoms with Crippen molar-refractivity contribution in [3.8, 4) is 11.3 Å². The fourth-order valence-electron chi connectivity index (χ4n) is 3.50. The molecule has 0 spiro atoms. The fraction of sp³-hybridized carbons (Fsp3) is 0.115. The lowest BCUT2D eigenvalue weighted by Gasteiger charge is -2.14. The number of hydrogen-bond donors (Lipinski definition) is 0. The van der Waals surface area contributed by atoms with Gasteiger partial charge in [0, 0.05) is 21.5 Å². The molecule has 0 radical (unpaired) electrons. The number of rotatable bonds is 5. The second-order valence-electron chi connectivity index (χ2n) is 7.35. The van der Waals surface area contributed by atoms with Gasteiger partial charge in [0.15, 0.2) is 12.4 Å². The van der Waals surface area contributed by atoms with Gasteiger partial charge < -0.3 is 4.74 Å². The number of nitrogens with zero attached hydrogens (tertiary/aromatic N) is 1. The van der Waals surface area contributed by atoms with Crippen LogP contribution in [0.5, 0.6) is 0 Å². The number of halogens is 1. The number of fused-ring (bicyclic) bond motifs is 1. The average molecular weight is 430 g/mol. The molecule has 0 bridgehead atoms. The Morgan fingerprint density at radius 1 is 0.935 bits per heavy atom. The molecule has 0 atom stereocenters. The minimum absolute atomic E-state index is 0.262. The molecular formula is C26H20ClNO3. The van der Waals surface area contributed by atoms with Crippen molar-refractivity contribution < 1.29 is 14.3 Å². The van der Waals surface area contributed by atoms with Gasteiger partial charge in [-0.3, -0.25) is 4.79 Å². The second kappa shape index (κ2) is 8.70. The molecule has 4 nitrogen and oxygen atoms in total. The van der Waals surface area contributed by atoms with E-state index in [9.17, 15) is 9.59 Å². The Balaban J connectivity index is 1.75. The third-order valence-corrected chi connectivity index (χ3v) is 5.38. The monoisotopic (exact) mass is 429 g/mol. The molecule has 31 heavy (non-hydrogen) atoms. The Bertz CT molecular complexity index is 1280. The molecule has 1 aromatic heterocycles. The maximum atomic E-state index is 13.1. The van der Waals surface area contributed by atoms with E-state index in [0.29, 0.717) is 38.3 Å². The minimum atomic E-state index is -0.579. The lowest BCUT2D eigenvalue weighted by atomic mass is 9.97. The summed E-state index contributed by atoms with van der Waals surface area (Å²) in [6.45, 7) is 3.50. The van der Waals surface area contributed by atoms with E-state index in [1.54, 1.807) is 42.5 Å². The van der Waals surface area contributed by atoms with Gasteiger partial charge in [-0.2, -0.15) is 0 Å². The van der Waals surface area contributed by atoms with Crippen molar-refractivity contribution in [3.05, 3.63) is 100 Å². The Morgan fingerprint density at radius 2 is 1.65 bits per heavy atom. The van der Waals surface area contributed by atoms with Crippen LogP contribution in [0.4, 0.5) is 0 Å². The van der Waals surface area contributed by atoms with Crippen LogP contribution < -0.4 is 0 Å². The summed E-state index contributed by atoms with van der Waals surface area (Å²) < 4.78 is 5.42. The standard InChI is InChI=1S/C26H20ClNO3/c1-16-8-10-19(11-9-16)25-17(2)24(21-14-20(27)12-13-22(21)28-25)26(30)31-15-23(29)18-6-4-3-5-7-18/h3-14H,15H2,1-2H3. The normalized spacial score (nSPS) is 10.8. The summed E-state index contributed by atoms with van der Waals surface area (Å²) in [7, 11) is 0. The smallest absolute Gasteiger partial charge is 0.339 e. The number of ketones is 1. The summed E-state index contributed by atoms with van der Waals surface area (Å²) in [4.78, 5) is 30.3. The minimum Gasteiger partial charge on any atom is -0.454 e. The highest BCUT2D eigenvalue weighted by molar-refractivity contribution is 6.31. The van der Waals surface area contributed by atoms with Crippen LogP contribution in [-0.2, 0) is 4.74 Å². The highest BCUT2D eigenvalue weighted by Gasteiger charge is 2.21. The molecule has 0 fully saturated rings. The summed E-state index contributed by atoms with van der Waals surface area (Å²) in [5, 5.41) is 1.09. The van der Waals surface area contributed by atoms with Gasteiger partial charge >= 0.3 is 5.97 Å². The zero-order valence-corrected chi connectivity index (χ0v) is 17.9. The molecule has 154 valence electrons. The predicted octanol–water partition coefficient (Wildman–Crippen LogP) is 6.21. The van der Waals surface area contributed by atoms with E-state index in [1.165, 1.54) is 0 Å². The molecule has 0 unspecified atom stereocenters. The number of esters is 1. The second-order valence-corrected chi connectivity index (χ2v) is 7.79. The topological polar surface area (TPSA) is 56.3 Å². The molecule has 0 amide bonds. The van der Waals surface area contributed by atoms with Crippen LogP contribution in [0, 0.1) is 13.8 Å². The first-order valence-corrected chi connectivity index (χ1v) is 10.2.